The van der Waals surface area contributed by atoms with Crippen LogP contribution in [0.2, 0.25) is 0 Å². The van der Waals surface area contributed by atoms with Crippen molar-refractivity contribution >= 4 is 16.1 Å². The first kappa shape index (κ1) is 17.7. The molecule has 1 atom stereocenters. The van der Waals surface area contributed by atoms with Crippen molar-refractivity contribution in [2.75, 3.05) is 20.1 Å². The van der Waals surface area contributed by atoms with E-state index in [1.165, 1.54) is 13.5 Å². The van der Waals surface area contributed by atoms with Crippen LogP contribution in [0.1, 0.15) is 30.9 Å². The third-order valence-corrected chi connectivity index (χ3v) is 5.38. The van der Waals surface area contributed by atoms with Gasteiger partial charge in [-0.15, -0.1) is 0 Å². The number of nitrogens with zero attached hydrogens (tertiary/aromatic N) is 1. The molecule has 1 unspecified atom stereocenters. The summed E-state index contributed by atoms with van der Waals surface area (Å²) in [6.45, 7) is 4.16. The SMILES string of the molecule is CNS(=O)(=O)Cc1cccc(CNC(=O)N2CCCC(C)C2)c1. The molecule has 2 amide bonds. The molecule has 0 saturated carbocycles. The zero-order valence-electron chi connectivity index (χ0n) is 13.7. The van der Waals surface area contributed by atoms with E-state index in [1.807, 2.05) is 23.1 Å². The van der Waals surface area contributed by atoms with Crippen LogP contribution in [0.4, 0.5) is 4.79 Å². The van der Waals surface area contributed by atoms with E-state index in [1.54, 1.807) is 6.07 Å². The molecular formula is C16H25N3O3S. The summed E-state index contributed by atoms with van der Waals surface area (Å²) in [5, 5.41) is 2.92. The lowest BCUT2D eigenvalue weighted by Crippen LogP contribution is -2.44. The third-order valence-electron chi connectivity index (χ3n) is 4.05. The van der Waals surface area contributed by atoms with E-state index in [-0.39, 0.29) is 11.8 Å². The second-order valence-electron chi connectivity index (χ2n) is 6.14. The minimum atomic E-state index is -3.29. The average molecular weight is 339 g/mol. The van der Waals surface area contributed by atoms with Crippen molar-refractivity contribution in [3.8, 4) is 0 Å². The zero-order valence-corrected chi connectivity index (χ0v) is 14.5. The van der Waals surface area contributed by atoms with Gasteiger partial charge in [0.2, 0.25) is 10.0 Å². The molecule has 0 bridgehead atoms. The molecule has 1 fully saturated rings. The molecule has 1 aliphatic heterocycles. The lowest BCUT2D eigenvalue weighted by Gasteiger charge is -2.31. The molecule has 0 aromatic heterocycles. The van der Waals surface area contributed by atoms with Gasteiger partial charge in [0.25, 0.3) is 0 Å². The number of rotatable bonds is 5. The van der Waals surface area contributed by atoms with Gasteiger partial charge in [0.1, 0.15) is 0 Å². The molecule has 2 rings (SSSR count). The zero-order chi connectivity index (χ0) is 16.9. The maximum Gasteiger partial charge on any atom is 0.317 e. The van der Waals surface area contributed by atoms with Crippen LogP contribution >= 0.6 is 0 Å². The lowest BCUT2D eigenvalue weighted by atomic mass is 10.0. The van der Waals surface area contributed by atoms with Gasteiger partial charge in [-0.3, -0.25) is 0 Å². The van der Waals surface area contributed by atoms with Gasteiger partial charge in [-0.2, -0.15) is 0 Å². The van der Waals surface area contributed by atoms with Gasteiger partial charge in [0.05, 0.1) is 5.75 Å². The quantitative estimate of drug-likeness (QED) is 0.857. The Morgan fingerprint density at radius 3 is 2.78 bits per heavy atom. The number of nitrogens with one attached hydrogen (secondary N) is 2. The number of likely N-dealkylation sites (tertiary alicyclic amines) is 1. The predicted octanol–water partition coefficient (Wildman–Crippen LogP) is 1.68. The smallest absolute Gasteiger partial charge is 0.317 e. The minimum absolute atomic E-state index is 0.0511. The Labute approximate surface area is 138 Å². The van der Waals surface area contributed by atoms with Crippen molar-refractivity contribution in [3.05, 3.63) is 35.4 Å². The number of hydrogen-bond acceptors (Lipinski definition) is 3. The Balaban J connectivity index is 1.91. The molecule has 1 saturated heterocycles. The van der Waals surface area contributed by atoms with Crippen LogP contribution in [0.25, 0.3) is 0 Å². The van der Waals surface area contributed by atoms with Gasteiger partial charge in [-0.25, -0.2) is 17.9 Å². The molecule has 1 aromatic carbocycles. The number of amides is 2. The molecule has 0 spiro atoms. The van der Waals surface area contributed by atoms with Crippen molar-refractivity contribution in [2.45, 2.75) is 32.1 Å². The Morgan fingerprint density at radius 2 is 2.09 bits per heavy atom. The van der Waals surface area contributed by atoms with Crippen molar-refractivity contribution in [3.63, 3.8) is 0 Å². The molecular weight excluding hydrogens is 314 g/mol. The number of piperidine rings is 1. The molecule has 6 nitrogen and oxygen atoms in total. The van der Waals surface area contributed by atoms with Crippen LogP contribution in [0.5, 0.6) is 0 Å². The number of benzene rings is 1. The number of sulfonamides is 1. The van der Waals surface area contributed by atoms with E-state index in [0.29, 0.717) is 18.0 Å². The first-order chi connectivity index (χ1) is 10.9. The summed E-state index contributed by atoms with van der Waals surface area (Å²) in [4.78, 5) is 14.0. The topological polar surface area (TPSA) is 78.5 Å². The van der Waals surface area contributed by atoms with Crippen LogP contribution in [0.15, 0.2) is 24.3 Å². The Morgan fingerprint density at radius 1 is 1.35 bits per heavy atom. The second kappa shape index (κ2) is 7.79. The van der Waals surface area contributed by atoms with Crippen molar-refractivity contribution in [2.24, 2.45) is 5.92 Å². The molecule has 0 radical (unpaired) electrons. The normalized spacial score (nSPS) is 18.7. The summed E-state index contributed by atoms with van der Waals surface area (Å²) in [6.07, 6.45) is 2.22. The largest absolute Gasteiger partial charge is 0.334 e. The molecule has 128 valence electrons. The number of carbonyl (C=O) groups is 1. The van der Waals surface area contributed by atoms with Crippen LogP contribution in [-0.2, 0) is 22.3 Å². The molecule has 1 aromatic rings. The van der Waals surface area contributed by atoms with Gasteiger partial charge in [0.15, 0.2) is 0 Å². The van der Waals surface area contributed by atoms with Crippen LogP contribution in [0.3, 0.4) is 0 Å². The number of carbonyl (C=O) groups excluding carboxylic acids is 1. The van der Waals surface area contributed by atoms with Gasteiger partial charge < -0.3 is 10.2 Å². The fourth-order valence-corrected chi connectivity index (χ4v) is 3.55. The fraction of sp³-hybridized carbons (Fsp3) is 0.562. The Kier molecular flexibility index (Phi) is 6.01. The highest BCUT2D eigenvalue weighted by molar-refractivity contribution is 7.88. The molecule has 23 heavy (non-hydrogen) atoms. The van der Waals surface area contributed by atoms with E-state index >= 15 is 0 Å². The molecule has 1 aliphatic rings. The van der Waals surface area contributed by atoms with Crippen molar-refractivity contribution in [1.29, 1.82) is 0 Å². The maximum atomic E-state index is 12.2. The first-order valence-electron chi connectivity index (χ1n) is 7.91. The number of hydrogen-bond donors (Lipinski definition) is 2. The molecule has 7 heteroatoms. The highest BCUT2D eigenvalue weighted by Crippen LogP contribution is 2.15. The van der Waals surface area contributed by atoms with Crippen molar-refractivity contribution in [1.82, 2.24) is 14.9 Å². The summed E-state index contributed by atoms with van der Waals surface area (Å²) in [5.41, 5.74) is 1.60. The standard InChI is InChI=1S/C16H25N3O3S/c1-13-5-4-8-19(11-13)16(20)18-10-14-6-3-7-15(9-14)12-23(21,22)17-2/h3,6-7,9,13,17H,4-5,8,10-12H2,1-2H3,(H,18,20). The third kappa shape index (κ3) is 5.51. The van der Waals surface area contributed by atoms with E-state index < -0.39 is 10.0 Å². The summed E-state index contributed by atoms with van der Waals surface area (Å²) >= 11 is 0. The van der Waals surface area contributed by atoms with Gasteiger partial charge >= 0.3 is 6.03 Å². The monoisotopic (exact) mass is 339 g/mol. The van der Waals surface area contributed by atoms with Gasteiger partial charge in [0, 0.05) is 19.6 Å². The van der Waals surface area contributed by atoms with E-state index in [2.05, 4.69) is 17.0 Å². The van der Waals surface area contributed by atoms with E-state index in [9.17, 15) is 13.2 Å². The van der Waals surface area contributed by atoms with Gasteiger partial charge in [-0.05, 0) is 36.9 Å². The van der Waals surface area contributed by atoms with Crippen molar-refractivity contribution < 1.29 is 13.2 Å². The Hall–Kier alpha value is -1.60. The Bertz CT molecular complexity index is 646. The summed E-state index contributed by atoms with van der Waals surface area (Å²) in [5.74, 6) is 0.485. The second-order valence-corrected chi connectivity index (χ2v) is 8.06. The summed E-state index contributed by atoms with van der Waals surface area (Å²) < 4.78 is 25.5. The average Bonchev–Trinajstić information content (AvgIpc) is 2.52. The molecule has 1 heterocycles. The lowest BCUT2D eigenvalue weighted by molar-refractivity contribution is 0.169. The highest BCUT2D eigenvalue weighted by Gasteiger charge is 2.20. The van der Waals surface area contributed by atoms with E-state index in [0.717, 1.165) is 25.1 Å². The molecule has 2 N–H and O–H groups in total. The van der Waals surface area contributed by atoms with Gasteiger partial charge in [-0.1, -0.05) is 31.2 Å². The fourth-order valence-electron chi connectivity index (χ4n) is 2.78. The molecule has 0 aliphatic carbocycles. The first-order valence-corrected chi connectivity index (χ1v) is 9.56. The van der Waals surface area contributed by atoms with Crippen LogP contribution in [0, 0.1) is 5.92 Å². The summed E-state index contributed by atoms with van der Waals surface area (Å²) in [6, 6.07) is 7.23. The predicted molar refractivity (Wildman–Crippen MR) is 90.3 cm³/mol. The minimum Gasteiger partial charge on any atom is -0.334 e. The number of urea groups is 1. The van der Waals surface area contributed by atoms with Crippen LogP contribution < -0.4 is 10.0 Å². The highest BCUT2D eigenvalue weighted by atomic mass is 32.2. The van der Waals surface area contributed by atoms with E-state index in [4.69, 9.17) is 0 Å². The summed E-state index contributed by atoms with van der Waals surface area (Å²) in [7, 11) is -1.89. The maximum absolute atomic E-state index is 12.2. The van der Waals surface area contributed by atoms with Crippen LogP contribution in [-0.4, -0.2) is 39.5 Å².